The van der Waals surface area contributed by atoms with Gasteiger partial charge in [0, 0.05) is 25.5 Å². The van der Waals surface area contributed by atoms with Gasteiger partial charge in [-0.3, -0.25) is 4.57 Å². The van der Waals surface area contributed by atoms with Gasteiger partial charge in [-0.05, 0) is 0 Å². The van der Waals surface area contributed by atoms with Crippen molar-refractivity contribution in [1.29, 1.82) is 0 Å². The molecule has 5 heteroatoms. The van der Waals surface area contributed by atoms with Gasteiger partial charge in [-0.25, -0.2) is 4.79 Å². The molecule has 0 N–H and O–H groups in total. The molecule has 13 heavy (non-hydrogen) atoms. The zero-order valence-corrected chi connectivity index (χ0v) is 7.17. The van der Waals surface area contributed by atoms with Crippen molar-refractivity contribution in [3.63, 3.8) is 0 Å². The van der Waals surface area contributed by atoms with Crippen LogP contribution in [-0.4, -0.2) is 14.3 Å². The Bertz CT molecular complexity index is 438. The van der Waals surface area contributed by atoms with Crippen molar-refractivity contribution >= 4 is 0 Å². The standard InChI is InChI=1S/C8H9N3O2/c1-10-4-5-11(8(10)12)6-7-2-3-9-13-7/h2-5H,6H2,1H3. The topological polar surface area (TPSA) is 53.0 Å². The summed E-state index contributed by atoms with van der Waals surface area (Å²) in [5.74, 6) is 0.674. The van der Waals surface area contributed by atoms with Crippen LogP contribution in [0.5, 0.6) is 0 Å². The Labute approximate surface area is 74.2 Å². The highest BCUT2D eigenvalue weighted by Gasteiger charge is 2.02. The summed E-state index contributed by atoms with van der Waals surface area (Å²) < 4.78 is 7.95. The van der Waals surface area contributed by atoms with E-state index in [-0.39, 0.29) is 5.69 Å². The maximum Gasteiger partial charge on any atom is 0.328 e. The average Bonchev–Trinajstić information content (AvgIpc) is 2.71. The average molecular weight is 179 g/mol. The number of imidazole rings is 1. The second kappa shape index (κ2) is 2.93. The molecule has 0 saturated carbocycles. The van der Waals surface area contributed by atoms with Crippen LogP contribution in [0.2, 0.25) is 0 Å². The van der Waals surface area contributed by atoms with Crippen molar-refractivity contribution in [3.05, 3.63) is 40.9 Å². The van der Waals surface area contributed by atoms with Gasteiger partial charge in [0.05, 0.1) is 12.7 Å². The number of rotatable bonds is 2. The third-order valence-electron chi connectivity index (χ3n) is 1.84. The normalized spacial score (nSPS) is 10.5. The van der Waals surface area contributed by atoms with Gasteiger partial charge in [0.2, 0.25) is 0 Å². The lowest BCUT2D eigenvalue weighted by atomic mass is 10.4. The zero-order valence-electron chi connectivity index (χ0n) is 7.17. The van der Waals surface area contributed by atoms with E-state index in [1.165, 1.54) is 4.57 Å². The van der Waals surface area contributed by atoms with Crippen LogP contribution >= 0.6 is 0 Å². The molecule has 0 radical (unpaired) electrons. The first-order valence-electron chi connectivity index (χ1n) is 3.88. The van der Waals surface area contributed by atoms with Crippen LogP contribution in [0.1, 0.15) is 5.76 Å². The van der Waals surface area contributed by atoms with E-state index in [1.807, 2.05) is 0 Å². The summed E-state index contributed by atoms with van der Waals surface area (Å²) in [4.78, 5) is 11.4. The lowest BCUT2D eigenvalue weighted by Crippen LogP contribution is -2.22. The molecule has 0 aliphatic carbocycles. The van der Waals surface area contributed by atoms with Gasteiger partial charge in [0.15, 0.2) is 5.76 Å². The van der Waals surface area contributed by atoms with Gasteiger partial charge in [-0.15, -0.1) is 0 Å². The van der Waals surface area contributed by atoms with Crippen LogP contribution in [-0.2, 0) is 13.6 Å². The Kier molecular flexibility index (Phi) is 1.77. The van der Waals surface area contributed by atoms with Gasteiger partial charge in [-0.1, -0.05) is 5.16 Å². The lowest BCUT2D eigenvalue weighted by molar-refractivity contribution is 0.374. The summed E-state index contributed by atoms with van der Waals surface area (Å²) in [5, 5.41) is 3.56. The minimum atomic E-state index is -0.0589. The number of aryl methyl sites for hydroxylation is 1. The molecule has 2 rings (SSSR count). The second-order valence-electron chi connectivity index (χ2n) is 2.80. The molecule has 68 valence electrons. The molecular weight excluding hydrogens is 170 g/mol. The fourth-order valence-electron chi connectivity index (χ4n) is 1.12. The van der Waals surface area contributed by atoms with Crippen molar-refractivity contribution in [2.75, 3.05) is 0 Å². The predicted molar refractivity (Wildman–Crippen MR) is 45.3 cm³/mol. The third-order valence-corrected chi connectivity index (χ3v) is 1.84. The maximum absolute atomic E-state index is 11.4. The Morgan fingerprint density at radius 2 is 2.38 bits per heavy atom. The summed E-state index contributed by atoms with van der Waals surface area (Å²) >= 11 is 0. The van der Waals surface area contributed by atoms with Crippen molar-refractivity contribution in [3.8, 4) is 0 Å². The summed E-state index contributed by atoms with van der Waals surface area (Å²) in [6, 6.07) is 1.74. The van der Waals surface area contributed by atoms with Crippen LogP contribution in [0.25, 0.3) is 0 Å². The van der Waals surface area contributed by atoms with Crippen molar-refractivity contribution < 1.29 is 4.52 Å². The Balaban J connectivity index is 2.29. The van der Waals surface area contributed by atoms with Crippen LogP contribution in [0.3, 0.4) is 0 Å². The molecule has 0 bridgehead atoms. The number of aromatic nitrogens is 3. The highest BCUT2D eigenvalue weighted by Crippen LogP contribution is 1.98. The lowest BCUT2D eigenvalue weighted by Gasteiger charge is -1.94. The summed E-state index contributed by atoms with van der Waals surface area (Å²) in [5.41, 5.74) is -0.0589. The van der Waals surface area contributed by atoms with E-state index >= 15 is 0 Å². The van der Waals surface area contributed by atoms with E-state index in [2.05, 4.69) is 5.16 Å². The van der Waals surface area contributed by atoms with E-state index in [1.54, 1.807) is 36.3 Å². The third kappa shape index (κ3) is 1.40. The maximum atomic E-state index is 11.4. The van der Waals surface area contributed by atoms with Gasteiger partial charge < -0.3 is 9.09 Å². The molecule has 2 heterocycles. The summed E-state index contributed by atoms with van der Waals surface area (Å²) in [6.07, 6.45) is 4.98. The van der Waals surface area contributed by atoms with Crippen molar-refractivity contribution in [1.82, 2.24) is 14.3 Å². The zero-order chi connectivity index (χ0) is 9.26. The molecule has 0 fully saturated rings. The molecule has 0 aliphatic heterocycles. The van der Waals surface area contributed by atoms with Gasteiger partial charge in [-0.2, -0.15) is 0 Å². The molecule has 0 unspecified atom stereocenters. The van der Waals surface area contributed by atoms with E-state index < -0.39 is 0 Å². The largest absolute Gasteiger partial charge is 0.359 e. The molecule has 0 aliphatic rings. The highest BCUT2D eigenvalue weighted by molar-refractivity contribution is 4.95. The molecular formula is C8H9N3O2. The SMILES string of the molecule is Cn1ccn(Cc2ccno2)c1=O. The molecule has 2 aromatic heterocycles. The molecule has 0 spiro atoms. The summed E-state index contributed by atoms with van der Waals surface area (Å²) in [7, 11) is 1.71. The van der Waals surface area contributed by atoms with E-state index in [0.29, 0.717) is 12.3 Å². The molecule has 0 amide bonds. The van der Waals surface area contributed by atoms with Crippen LogP contribution in [0.4, 0.5) is 0 Å². The first kappa shape index (κ1) is 7.85. The minimum absolute atomic E-state index is 0.0589. The minimum Gasteiger partial charge on any atom is -0.359 e. The van der Waals surface area contributed by atoms with Gasteiger partial charge in [0.25, 0.3) is 0 Å². The molecule has 0 aromatic carbocycles. The highest BCUT2D eigenvalue weighted by atomic mass is 16.5. The second-order valence-corrected chi connectivity index (χ2v) is 2.80. The fourth-order valence-corrected chi connectivity index (χ4v) is 1.12. The molecule has 2 aromatic rings. The molecule has 0 saturated heterocycles. The first-order chi connectivity index (χ1) is 6.27. The van der Waals surface area contributed by atoms with E-state index in [4.69, 9.17) is 4.52 Å². The first-order valence-corrected chi connectivity index (χ1v) is 3.88. The fraction of sp³-hybridized carbons (Fsp3) is 0.250. The Morgan fingerprint density at radius 1 is 1.54 bits per heavy atom. The Hall–Kier alpha value is -1.78. The summed E-state index contributed by atoms with van der Waals surface area (Å²) in [6.45, 7) is 0.430. The number of hydrogen-bond donors (Lipinski definition) is 0. The van der Waals surface area contributed by atoms with Crippen molar-refractivity contribution in [2.45, 2.75) is 6.54 Å². The van der Waals surface area contributed by atoms with Gasteiger partial charge >= 0.3 is 5.69 Å². The molecule has 0 atom stereocenters. The monoisotopic (exact) mass is 179 g/mol. The molecule has 5 nitrogen and oxygen atoms in total. The van der Waals surface area contributed by atoms with E-state index in [9.17, 15) is 4.79 Å². The smallest absolute Gasteiger partial charge is 0.328 e. The van der Waals surface area contributed by atoms with Crippen LogP contribution < -0.4 is 5.69 Å². The van der Waals surface area contributed by atoms with Crippen LogP contribution in [0.15, 0.2) is 34.0 Å². The van der Waals surface area contributed by atoms with Crippen LogP contribution in [0, 0.1) is 0 Å². The van der Waals surface area contributed by atoms with E-state index in [0.717, 1.165) is 0 Å². The number of nitrogens with zero attached hydrogens (tertiary/aromatic N) is 3. The Morgan fingerprint density at radius 3 is 2.92 bits per heavy atom. The van der Waals surface area contributed by atoms with Gasteiger partial charge in [0.1, 0.15) is 0 Å². The van der Waals surface area contributed by atoms with Crippen molar-refractivity contribution in [2.24, 2.45) is 7.05 Å². The number of hydrogen-bond acceptors (Lipinski definition) is 3. The predicted octanol–water partition coefficient (Wildman–Crippen LogP) is 0.223. The quantitative estimate of drug-likeness (QED) is 0.662.